The molecular weight excluding hydrogens is 260 g/mol. The molecule has 2 N–H and O–H groups in total. The number of nitrogen functional groups attached to an aromatic ring is 1. The molecule has 0 saturated carbocycles. The normalized spacial score (nSPS) is 17.7. The van der Waals surface area contributed by atoms with Gasteiger partial charge in [0.05, 0.1) is 5.52 Å². The highest BCUT2D eigenvalue weighted by atomic mass is 15.3. The zero-order valence-corrected chi connectivity index (χ0v) is 12.9. The molecule has 4 nitrogen and oxygen atoms in total. The minimum atomic E-state index is 0.638. The second-order valence-corrected chi connectivity index (χ2v) is 6.13. The van der Waals surface area contributed by atoms with Crippen molar-refractivity contribution in [2.75, 3.05) is 31.9 Å². The average Bonchev–Trinajstić information content (AvgIpc) is 2.48. The summed E-state index contributed by atoms with van der Waals surface area (Å²) in [5, 5.41) is 1.17. The summed E-state index contributed by atoms with van der Waals surface area (Å²) in [6.07, 6.45) is 0. The number of aromatic nitrogens is 1. The van der Waals surface area contributed by atoms with Crippen LogP contribution in [0.4, 0.5) is 5.82 Å². The lowest BCUT2D eigenvalue weighted by atomic mass is 10.1. The molecule has 1 fully saturated rings. The maximum atomic E-state index is 6.13. The lowest BCUT2D eigenvalue weighted by Gasteiger charge is -2.37. The Morgan fingerprint density at radius 3 is 2.57 bits per heavy atom. The maximum absolute atomic E-state index is 6.13. The van der Waals surface area contributed by atoms with Gasteiger partial charge in [0.25, 0.3) is 0 Å². The Kier molecular flexibility index (Phi) is 4.08. The fourth-order valence-corrected chi connectivity index (χ4v) is 2.98. The maximum Gasteiger partial charge on any atom is 0.128 e. The Labute approximate surface area is 126 Å². The molecule has 0 aliphatic carbocycles. The van der Waals surface area contributed by atoms with Crippen LogP contribution in [0.25, 0.3) is 10.9 Å². The topological polar surface area (TPSA) is 45.4 Å². The van der Waals surface area contributed by atoms with Crippen LogP contribution < -0.4 is 5.73 Å². The quantitative estimate of drug-likeness (QED) is 0.939. The van der Waals surface area contributed by atoms with Crippen LogP contribution in [0, 0.1) is 0 Å². The lowest BCUT2D eigenvalue weighted by Crippen LogP contribution is -2.48. The van der Waals surface area contributed by atoms with Crippen LogP contribution in [0.3, 0.4) is 0 Å². The van der Waals surface area contributed by atoms with Crippen LogP contribution in [0.5, 0.6) is 0 Å². The molecule has 2 aromatic rings. The summed E-state index contributed by atoms with van der Waals surface area (Å²) < 4.78 is 0. The van der Waals surface area contributed by atoms with Crippen molar-refractivity contribution in [3.05, 3.63) is 35.9 Å². The molecule has 21 heavy (non-hydrogen) atoms. The average molecular weight is 284 g/mol. The number of pyridine rings is 1. The van der Waals surface area contributed by atoms with Gasteiger partial charge < -0.3 is 5.73 Å². The van der Waals surface area contributed by atoms with Crippen LogP contribution >= 0.6 is 0 Å². The predicted molar refractivity (Wildman–Crippen MR) is 88.1 cm³/mol. The van der Waals surface area contributed by atoms with Gasteiger partial charge in [0.1, 0.15) is 5.82 Å². The zero-order valence-electron chi connectivity index (χ0n) is 12.9. The van der Waals surface area contributed by atoms with E-state index in [1.807, 2.05) is 18.2 Å². The summed E-state index contributed by atoms with van der Waals surface area (Å²) in [5.41, 5.74) is 8.25. The summed E-state index contributed by atoms with van der Waals surface area (Å²) in [7, 11) is 0. The first-order valence-electron chi connectivity index (χ1n) is 7.74. The van der Waals surface area contributed by atoms with Gasteiger partial charge in [-0.15, -0.1) is 0 Å². The summed E-state index contributed by atoms with van der Waals surface area (Å²) in [5.74, 6) is 0.667. The molecule has 2 heterocycles. The number of anilines is 1. The van der Waals surface area contributed by atoms with Gasteiger partial charge in [-0.25, -0.2) is 4.98 Å². The van der Waals surface area contributed by atoms with Gasteiger partial charge in [0.2, 0.25) is 0 Å². The van der Waals surface area contributed by atoms with Crippen molar-refractivity contribution < 1.29 is 0 Å². The SMILES string of the molecule is CC(C)N1CCN(Cc2cc3ccccc3nc2N)CC1. The van der Waals surface area contributed by atoms with Crippen LogP contribution in [-0.4, -0.2) is 47.0 Å². The number of hydrogen-bond acceptors (Lipinski definition) is 4. The monoisotopic (exact) mass is 284 g/mol. The minimum absolute atomic E-state index is 0.638. The first-order chi connectivity index (χ1) is 10.1. The molecule has 3 rings (SSSR count). The molecule has 1 aliphatic heterocycles. The number of fused-ring (bicyclic) bond motifs is 1. The molecule has 112 valence electrons. The van der Waals surface area contributed by atoms with Crippen LogP contribution in [0.1, 0.15) is 19.4 Å². The highest BCUT2D eigenvalue weighted by Gasteiger charge is 2.19. The summed E-state index contributed by atoms with van der Waals surface area (Å²) in [6.45, 7) is 9.91. The lowest BCUT2D eigenvalue weighted by molar-refractivity contribution is 0.104. The molecule has 0 spiro atoms. The van der Waals surface area contributed by atoms with E-state index < -0.39 is 0 Å². The van der Waals surface area contributed by atoms with Crippen LogP contribution in [0.15, 0.2) is 30.3 Å². The Morgan fingerprint density at radius 2 is 1.86 bits per heavy atom. The fourth-order valence-electron chi connectivity index (χ4n) is 2.98. The number of rotatable bonds is 3. The number of benzene rings is 1. The van der Waals surface area contributed by atoms with Crippen molar-refractivity contribution in [2.45, 2.75) is 26.4 Å². The van der Waals surface area contributed by atoms with E-state index in [0.717, 1.165) is 43.8 Å². The van der Waals surface area contributed by atoms with Crippen LogP contribution in [-0.2, 0) is 6.54 Å². The zero-order chi connectivity index (χ0) is 14.8. The van der Waals surface area contributed by atoms with E-state index in [0.29, 0.717) is 11.9 Å². The first-order valence-corrected chi connectivity index (χ1v) is 7.74. The van der Waals surface area contributed by atoms with Crippen molar-refractivity contribution >= 4 is 16.7 Å². The first kappa shape index (κ1) is 14.3. The van der Waals surface area contributed by atoms with Crippen molar-refractivity contribution in [3.63, 3.8) is 0 Å². The third-order valence-corrected chi connectivity index (χ3v) is 4.37. The Balaban J connectivity index is 1.72. The summed E-state index contributed by atoms with van der Waals surface area (Å²) in [6, 6.07) is 11.0. The van der Waals surface area contributed by atoms with Crippen molar-refractivity contribution in [1.29, 1.82) is 0 Å². The van der Waals surface area contributed by atoms with E-state index in [9.17, 15) is 0 Å². The molecule has 1 aliphatic rings. The molecule has 1 aromatic carbocycles. The van der Waals surface area contributed by atoms with Gasteiger partial charge in [-0.05, 0) is 26.0 Å². The smallest absolute Gasteiger partial charge is 0.128 e. The Morgan fingerprint density at radius 1 is 1.14 bits per heavy atom. The molecule has 0 unspecified atom stereocenters. The summed E-state index contributed by atoms with van der Waals surface area (Å²) >= 11 is 0. The Hall–Kier alpha value is -1.65. The molecular formula is C17H24N4. The molecule has 1 saturated heterocycles. The highest BCUT2D eigenvalue weighted by Crippen LogP contribution is 2.20. The Bertz CT molecular complexity index is 615. The number of nitrogens with zero attached hydrogens (tertiary/aromatic N) is 3. The van der Waals surface area contributed by atoms with E-state index in [2.05, 4.69) is 40.8 Å². The summed E-state index contributed by atoms with van der Waals surface area (Å²) in [4.78, 5) is 9.52. The molecule has 4 heteroatoms. The molecule has 0 bridgehead atoms. The largest absolute Gasteiger partial charge is 0.383 e. The third kappa shape index (κ3) is 3.17. The number of nitrogens with two attached hydrogens (primary N) is 1. The molecule has 0 amide bonds. The number of para-hydroxylation sites is 1. The van der Waals surface area contributed by atoms with Gasteiger partial charge >= 0.3 is 0 Å². The van der Waals surface area contributed by atoms with Crippen molar-refractivity contribution in [2.24, 2.45) is 0 Å². The van der Waals surface area contributed by atoms with Crippen molar-refractivity contribution in [1.82, 2.24) is 14.8 Å². The number of piperazine rings is 1. The van der Waals surface area contributed by atoms with Gasteiger partial charge in [-0.1, -0.05) is 18.2 Å². The molecule has 0 atom stereocenters. The van der Waals surface area contributed by atoms with Gasteiger partial charge in [-0.2, -0.15) is 0 Å². The number of hydrogen-bond donors (Lipinski definition) is 1. The van der Waals surface area contributed by atoms with Gasteiger partial charge in [0.15, 0.2) is 0 Å². The molecule has 1 aromatic heterocycles. The standard InChI is InChI=1S/C17H24N4/c1-13(2)21-9-7-20(8-10-21)12-15-11-14-5-3-4-6-16(14)19-17(15)18/h3-6,11,13H,7-10,12H2,1-2H3,(H2,18,19). The van der Waals surface area contributed by atoms with Gasteiger partial charge in [-0.3, -0.25) is 9.80 Å². The highest BCUT2D eigenvalue weighted by molar-refractivity contribution is 5.81. The van der Waals surface area contributed by atoms with Gasteiger partial charge in [0, 0.05) is 49.7 Å². The second-order valence-electron chi connectivity index (χ2n) is 6.13. The van der Waals surface area contributed by atoms with E-state index >= 15 is 0 Å². The van der Waals surface area contributed by atoms with Crippen LogP contribution in [0.2, 0.25) is 0 Å². The van der Waals surface area contributed by atoms with E-state index in [4.69, 9.17) is 5.73 Å². The molecule has 0 radical (unpaired) electrons. The second kappa shape index (κ2) is 6.00. The minimum Gasteiger partial charge on any atom is -0.383 e. The van der Waals surface area contributed by atoms with Crippen molar-refractivity contribution in [3.8, 4) is 0 Å². The van der Waals surface area contributed by atoms with E-state index in [-0.39, 0.29) is 0 Å². The van der Waals surface area contributed by atoms with E-state index in [1.54, 1.807) is 0 Å². The third-order valence-electron chi connectivity index (χ3n) is 4.37. The predicted octanol–water partition coefficient (Wildman–Crippen LogP) is 2.34. The fraction of sp³-hybridized carbons (Fsp3) is 0.471. The van der Waals surface area contributed by atoms with E-state index in [1.165, 1.54) is 5.39 Å².